The number of fused-ring (bicyclic) bond motifs is 1. The average Bonchev–Trinajstić information content (AvgIpc) is 2.95. The maximum atomic E-state index is 12.6. The molecule has 7 nitrogen and oxygen atoms in total. The van der Waals surface area contributed by atoms with E-state index in [-0.39, 0.29) is 30.4 Å². The summed E-state index contributed by atoms with van der Waals surface area (Å²) in [6.45, 7) is 11.9. The smallest absolute Gasteiger partial charge is 0.411 e. The highest BCUT2D eigenvalue weighted by Crippen LogP contribution is 2.40. The number of aryl methyl sites for hydroxylation is 1. The topological polar surface area (TPSA) is 73.7 Å². The molecule has 0 spiro atoms. The Labute approximate surface area is 142 Å². The number of nitrogens with zero attached hydrogens (tertiary/aromatic N) is 3. The molecule has 2 heterocycles. The van der Waals surface area contributed by atoms with Crippen molar-refractivity contribution in [3.63, 3.8) is 0 Å². The van der Waals surface area contributed by atoms with Crippen LogP contribution >= 0.6 is 0 Å². The number of ether oxygens (including phenoxy) is 2. The Kier molecular flexibility index (Phi) is 4.92. The number of hydrogen-bond donors (Lipinski definition) is 0. The van der Waals surface area contributed by atoms with Crippen LogP contribution in [0, 0.1) is 5.92 Å². The van der Waals surface area contributed by atoms with Gasteiger partial charge in [0.1, 0.15) is 5.60 Å². The summed E-state index contributed by atoms with van der Waals surface area (Å²) in [7, 11) is 1.79. The quantitative estimate of drug-likeness (QED) is 0.793. The second-order valence-electron chi connectivity index (χ2n) is 7.35. The van der Waals surface area contributed by atoms with E-state index in [4.69, 9.17) is 9.47 Å². The zero-order valence-corrected chi connectivity index (χ0v) is 15.5. The number of esters is 1. The van der Waals surface area contributed by atoms with E-state index in [1.807, 2.05) is 34.6 Å². The van der Waals surface area contributed by atoms with Gasteiger partial charge < -0.3 is 9.47 Å². The number of rotatable bonds is 3. The van der Waals surface area contributed by atoms with Crippen LogP contribution in [0.2, 0.25) is 0 Å². The van der Waals surface area contributed by atoms with Gasteiger partial charge in [-0.15, -0.1) is 0 Å². The molecule has 0 radical (unpaired) electrons. The first kappa shape index (κ1) is 18.3. The molecule has 0 saturated carbocycles. The Bertz CT molecular complexity index is 643. The van der Waals surface area contributed by atoms with Gasteiger partial charge in [-0.1, -0.05) is 13.8 Å². The van der Waals surface area contributed by atoms with E-state index in [1.165, 1.54) is 0 Å². The fourth-order valence-electron chi connectivity index (χ4n) is 3.06. The van der Waals surface area contributed by atoms with Crippen LogP contribution in [0.25, 0.3) is 0 Å². The fraction of sp³-hybridized carbons (Fsp3) is 0.706. The molecule has 0 fully saturated rings. The molecule has 7 heteroatoms. The highest BCUT2D eigenvalue weighted by molar-refractivity contribution is 5.90. The summed E-state index contributed by atoms with van der Waals surface area (Å²) in [5, 5.41) is 4.32. The molecule has 1 aliphatic rings. The molecule has 0 aromatic carbocycles. The summed E-state index contributed by atoms with van der Waals surface area (Å²) in [5.41, 5.74) is 1.33. The van der Waals surface area contributed by atoms with Crippen LogP contribution in [0.5, 0.6) is 0 Å². The standard InChI is InChI=1S/C17H27N3O4/c1-8-23-15(21)12-11-9-20(16(22)24-17(4,5)6)13(10(2)3)14(11)19(7)18-12/h10,13H,8-9H2,1-7H3/t13-/m0/s1. The predicted octanol–water partition coefficient (Wildman–Crippen LogP) is 3.04. The van der Waals surface area contributed by atoms with Gasteiger partial charge in [0.2, 0.25) is 0 Å². The second-order valence-corrected chi connectivity index (χ2v) is 7.35. The summed E-state index contributed by atoms with van der Waals surface area (Å²) in [4.78, 5) is 26.5. The van der Waals surface area contributed by atoms with Crippen molar-refractivity contribution >= 4 is 12.1 Å². The molecule has 1 aromatic rings. The van der Waals surface area contributed by atoms with Crippen LogP contribution in [-0.2, 0) is 23.1 Å². The third-order valence-corrected chi connectivity index (χ3v) is 3.87. The van der Waals surface area contributed by atoms with E-state index < -0.39 is 11.6 Å². The molecule has 0 aliphatic carbocycles. The maximum absolute atomic E-state index is 12.6. The summed E-state index contributed by atoms with van der Waals surface area (Å²) in [5.74, 6) is -0.299. The molecule has 0 saturated heterocycles. The zero-order chi connectivity index (χ0) is 18.2. The summed E-state index contributed by atoms with van der Waals surface area (Å²) in [6.07, 6.45) is -0.382. The van der Waals surface area contributed by atoms with E-state index in [0.717, 1.165) is 11.3 Å². The lowest BCUT2D eigenvalue weighted by Gasteiger charge is -2.31. The molecular formula is C17H27N3O4. The van der Waals surface area contributed by atoms with Gasteiger partial charge in [0, 0.05) is 12.6 Å². The minimum absolute atomic E-state index is 0.157. The molecule has 1 atom stereocenters. The molecule has 1 amide bonds. The van der Waals surface area contributed by atoms with Crippen molar-refractivity contribution in [2.75, 3.05) is 6.61 Å². The Hall–Kier alpha value is -2.05. The average molecular weight is 337 g/mol. The predicted molar refractivity (Wildman–Crippen MR) is 88.5 cm³/mol. The van der Waals surface area contributed by atoms with Crippen LogP contribution in [-0.4, -0.2) is 39.0 Å². The first-order chi connectivity index (χ1) is 11.1. The Morgan fingerprint density at radius 1 is 1.33 bits per heavy atom. The summed E-state index contributed by atoms with van der Waals surface area (Å²) in [6, 6.07) is -0.185. The zero-order valence-electron chi connectivity index (χ0n) is 15.5. The molecule has 1 aliphatic heterocycles. The molecule has 2 rings (SSSR count). The van der Waals surface area contributed by atoms with E-state index in [9.17, 15) is 9.59 Å². The van der Waals surface area contributed by atoms with Crippen LogP contribution in [0.4, 0.5) is 4.79 Å². The number of carbonyl (C=O) groups is 2. The Morgan fingerprint density at radius 3 is 2.46 bits per heavy atom. The van der Waals surface area contributed by atoms with Gasteiger partial charge in [0.05, 0.1) is 24.9 Å². The van der Waals surface area contributed by atoms with Crippen molar-refractivity contribution in [2.24, 2.45) is 13.0 Å². The number of aromatic nitrogens is 2. The summed E-state index contributed by atoms with van der Waals surface area (Å²) < 4.78 is 12.3. The lowest BCUT2D eigenvalue weighted by Crippen LogP contribution is -2.38. The van der Waals surface area contributed by atoms with Crippen LogP contribution < -0.4 is 0 Å². The van der Waals surface area contributed by atoms with Gasteiger partial charge in [-0.2, -0.15) is 5.10 Å². The minimum Gasteiger partial charge on any atom is -0.461 e. The Balaban J connectivity index is 2.40. The van der Waals surface area contributed by atoms with Crippen LogP contribution in [0.3, 0.4) is 0 Å². The monoisotopic (exact) mass is 337 g/mol. The normalized spacial score (nSPS) is 17.2. The number of hydrogen-bond acceptors (Lipinski definition) is 5. The van der Waals surface area contributed by atoms with Crippen molar-refractivity contribution in [3.05, 3.63) is 17.0 Å². The van der Waals surface area contributed by atoms with E-state index in [0.29, 0.717) is 6.54 Å². The molecular weight excluding hydrogens is 310 g/mol. The highest BCUT2D eigenvalue weighted by Gasteiger charge is 2.43. The molecule has 0 bridgehead atoms. The molecule has 1 aromatic heterocycles. The van der Waals surface area contributed by atoms with E-state index in [1.54, 1.807) is 23.6 Å². The van der Waals surface area contributed by atoms with E-state index in [2.05, 4.69) is 5.10 Å². The Morgan fingerprint density at radius 2 is 1.96 bits per heavy atom. The number of amides is 1. The van der Waals surface area contributed by atoms with Gasteiger partial charge in [-0.3, -0.25) is 9.58 Å². The van der Waals surface area contributed by atoms with E-state index >= 15 is 0 Å². The SMILES string of the molecule is CCOC(=O)c1nn(C)c2c1CN(C(=O)OC(C)(C)C)[C@H]2C(C)C. The van der Waals surface area contributed by atoms with Crippen LogP contribution in [0.1, 0.15) is 69.3 Å². The highest BCUT2D eigenvalue weighted by atomic mass is 16.6. The third-order valence-electron chi connectivity index (χ3n) is 3.87. The van der Waals surface area contributed by atoms with Gasteiger partial charge in [0.15, 0.2) is 5.69 Å². The minimum atomic E-state index is -0.574. The van der Waals surface area contributed by atoms with Gasteiger partial charge in [-0.25, -0.2) is 9.59 Å². The second kappa shape index (κ2) is 6.45. The third kappa shape index (κ3) is 3.39. The molecule has 0 N–H and O–H groups in total. The number of carbonyl (C=O) groups excluding carboxylic acids is 2. The summed E-state index contributed by atoms with van der Waals surface area (Å²) >= 11 is 0. The van der Waals surface area contributed by atoms with Gasteiger partial charge in [-0.05, 0) is 33.6 Å². The van der Waals surface area contributed by atoms with Crippen molar-refractivity contribution < 1.29 is 19.1 Å². The van der Waals surface area contributed by atoms with Gasteiger partial charge >= 0.3 is 12.1 Å². The lowest BCUT2D eigenvalue weighted by molar-refractivity contribution is 0.0116. The maximum Gasteiger partial charge on any atom is 0.411 e. The molecule has 134 valence electrons. The van der Waals surface area contributed by atoms with Crippen molar-refractivity contribution in [1.82, 2.24) is 14.7 Å². The fourth-order valence-corrected chi connectivity index (χ4v) is 3.06. The lowest BCUT2D eigenvalue weighted by atomic mass is 10.0. The van der Waals surface area contributed by atoms with Crippen molar-refractivity contribution in [1.29, 1.82) is 0 Å². The molecule has 0 unspecified atom stereocenters. The first-order valence-electron chi connectivity index (χ1n) is 8.29. The van der Waals surface area contributed by atoms with Crippen molar-refractivity contribution in [3.8, 4) is 0 Å². The molecule has 24 heavy (non-hydrogen) atoms. The van der Waals surface area contributed by atoms with Crippen LogP contribution in [0.15, 0.2) is 0 Å². The largest absolute Gasteiger partial charge is 0.461 e. The van der Waals surface area contributed by atoms with Gasteiger partial charge in [0.25, 0.3) is 0 Å². The first-order valence-corrected chi connectivity index (χ1v) is 8.29. The van der Waals surface area contributed by atoms with Crippen molar-refractivity contribution in [2.45, 2.75) is 59.7 Å².